The van der Waals surface area contributed by atoms with Crippen molar-refractivity contribution >= 4 is 45.8 Å². The minimum absolute atomic E-state index is 0.203. The van der Waals surface area contributed by atoms with E-state index in [-0.39, 0.29) is 17.7 Å². The zero-order valence-corrected chi connectivity index (χ0v) is 17.6. The van der Waals surface area contributed by atoms with Crippen LogP contribution in [0.4, 0.5) is 5.00 Å². The van der Waals surface area contributed by atoms with Crippen molar-refractivity contribution in [3.05, 3.63) is 76.1 Å². The number of rotatable bonds is 7. The van der Waals surface area contributed by atoms with Crippen LogP contribution in [0, 0.1) is 0 Å². The second-order valence-electron chi connectivity index (χ2n) is 6.07. The Labute approximate surface area is 182 Å². The molecule has 6 nitrogen and oxygen atoms in total. The summed E-state index contributed by atoms with van der Waals surface area (Å²) in [4.78, 5) is 36.9. The number of carbonyl (C=O) groups is 3. The first-order valence-electron chi connectivity index (χ1n) is 9.06. The summed E-state index contributed by atoms with van der Waals surface area (Å²) in [5.41, 5.74) is 2.03. The van der Waals surface area contributed by atoms with Gasteiger partial charge >= 0.3 is 11.9 Å². The molecule has 2 aromatic carbocycles. The van der Waals surface area contributed by atoms with Crippen molar-refractivity contribution in [3.8, 4) is 11.1 Å². The van der Waals surface area contributed by atoms with Crippen LogP contribution >= 0.6 is 22.9 Å². The van der Waals surface area contributed by atoms with Crippen LogP contribution in [0.2, 0.25) is 5.02 Å². The average Bonchev–Trinajstić information content (AvgIpc) is 3.17. The molecule has 3 rings (SSSR count). The summed E-state index contributed by atoms with van der Waals surface area (Å²) in [6.45, 7) is 1.41. The highest BCUT2D eigenvalue weighted by molar-refractivity contribution is 7.15. The Balaban J connectivity index is 1.73. The molecule has 0 unspecified atom stereocenters. The lowest BCUT2D eigenvalue weighted by molar-refractivity contribution is -0.119. The Morgan fingerprint density at radius 2 is 1.67 bits per heavy atom. The lowest BCUT2D eigenvalue weighted by atomic mass is 10.0. The van der Waals surface area contributed by atoms with E-state index in [1.54, 1.807) is 24.4 Å². The Hall–Kier alpha value is -3.16. The zero-order chi connectivity index (χ0) is 21.5. The Kier molecular flexibility index (Phi) is 7.21. The molecule has 1 heterocycles. The summed E-state index contributed by atoms with van der Waals surface area (Å²) in [6.07, 6.45) is 0. The minimum atomic E-state index is -0.649. The van der Waals surface area contributed by atoms with Crippen molar-refractivity contribution in [1.82, 2.24) is 0 Å². The number of amides is 1. The molecular formula is C22H18ClNO5S. The van der Waals surface area contributed by atoms with Crippen LogP contribution in [0.25, 0.3) is 11.1 Å². The van der Waals surface area contributed by atoms with E-state index in [0.717, 1.165) is 5.56 Å². The van der Waals surface area contributed by atoms with Gasteiger partial charge in [0.2, 0.25) is 0 Å². The molecule has 1 amide bonds. The summed E-state index contributed by atoms with van der Waals surface area (Å²) in [5, 5.41) is 5.23. The highest BCUT2D eigenvalue weighted by Crippen LogP contribution is 2.36. The van der Waals surface area contributed by atoms with Gasteiger partial charge in [0.05, 0.1) is 12.2 Å². The summed E-state index contributed by atoms with van der Waals surface area (Å²) in [5.74, 6) is -1.75. The molecule has 0 fully saturated rings. The van der Waals surface area contributed by atoms with Crippen LogP contribution in [-0.2, 0) is 14.3 Å². The van der Waals surface area contributed by atoms with E-state index in [2.05, 4.69) is 5.32 Å². The molecule has 3 aromatic rings. The number of carbonyl (C=O) groups excluding carboxylic acids is 3. The van der Waals surface area contributed by atoms with Crippen LogP contribution in [0.1, 0.15) is 27.6 Å². The van der Waals surface area contributed by atoms with Crippen molar-refractivity contribution in [2.24, 2.45) is 0 Å². The fourth-order valence-corrected chi connectivity index (χ4v) is 3.75. The lowest BCUT2D eigenvalue weighted by Gasteiger charge is -2.09. The number of ether oxygens (including phenoxy) is 2. The second-order valence-corrected chi connectivity index (χ2v) is 7.39. The van der Waals surface area contributed by atoms with Gasteiger partial charge in [-0.05, 0) is 36.8 Å². The molecule has 1 aromatic heterocycles. The van der Waals surface area contributed by atoms with E-state index in [0.29, 0.717) is 15.6 Å². The first-order chi connectivity index (χ1) is 14.5. The van der Waals surface area contributed by atoms with E-state index in [4.69, 9.17) is 21.1 Å². The van der Waals surface area contributed by atoms with E-state index < -0.39 is 24.5 Å². The van der Waals surface area contributed by atoms with Gasteiger partial charge in [-0.2, -0.15) is 0 Å². The number of halogens is 1. The maximum Gasteiger partial charge on any atom is 0.341 e. The van der Waals surface area contributed by atoms with Gasteiger partial charge in [-0.25, -0.2) is 9.59 Å². The molecule has 0 saturated heterocycles. The number of benzene rings is 2. The number of anilines is 1. The number of thiophene rings is 1. The molecule has 0 aliphatic rings. The first kappa shape index (κ1) is 21.5. The van der Waals surface area contributed by atoms with Gasteiger partial charge in [0, 0.05) is 16.0 Å². The van der Waals surface area contributed by atoms with Crippen molar-refractivity contribution in [3.63, 3.8) is 0 Å². The van der Waals surface area contributed by atoms with Crippen LogP contribution in [0.15, 0.2) is 60.0 Å². The third-order valence-electron chi connectivity index (χ3n) is 4.02. The topological polar surface area (TPSA) is 81.7 Å². The molecule has 0 aliphatic carbocycles. The molecule has 0 bridgehead atoms. The van der Waals surface area contributed by atoms with Crippen LogP contribution in [-0.4, -0.2) is 31.1 Å². The molecule has 0 saturated carbocycles. The number of esters is 2. The quantitative estimate of drug-likeness (QED) is 0.517. The third kappa shape index (κ3) is 5.25. The minimum Gasteiger partial charge on any atom is -0.462 e. The first-order valence-corrected chi connectivity index (χ1v) is 10.3. The number of hydrogen-bond donors (Lipinski definition) is 1. The number of nitrogens with one attached hydrogen (secondary N) is 1. The van der Waals surface area contributed by atoms with Gasteiger partial charge < -0.3 is 14.8 Å². The van der Waals surface area contributed by atoms with Crippen molar-refractivity contribution in [1.29, 1.82) is 0 Å². The van der Waals surface area contributed by atoms with Gasteiger partial charge in [-0.15, -0.1) is 11.3 Å². The van der Waals surface area contributed by atoms with Crippen LogP contribution in [0.3, 0.4) is 0 Å². The summed E-state index contributed by atoms with van der Waals surface area (Å²) >= 11 is 6.99. The summed E-state index contributed by atoms with van der Waals surface area (Å²) < 4.78 is 10.2. The fraction of sp³-hybridized carbons (Fsp3) is 0.136. The zero-order valence-electron chi connectivity index (χ0n) is 16.0. The van der Waals surface area contributed by atoms with E-state index in [1.165, 1.54) is 23.5 Å². The fourth-order valence-electron chi connectivity index (χ4n) is 2.65. The van der Waals surface area contributed by atoms with Crippen LogP contribution < -0.4 is 5.32 Å². The van der Waals surface area contributed by atoms with E-state index in [9.17, 15) is 14.4 Å². The SMILES string of the molecule is CCOC(=O)c1c(-c2ccccc2)csc1NC(=O)COC(=O)c1ccc(Cl)cc1. The molecule has 0 atom stereocenters. The van der Waals surface area contributed by atoms with Gasteiger partial charge in [0.1, 0.15) is 10.6 Å². The molecule has 0 aliphatic heterocycles. The van der Waals surface area contributed by atoms with Gasteiger partial charge in [0.15, 0.2) is 6.61 Å². The van der Waals surface area contributed by atoms with E-state index >= 15 is 0 Å². The van der Waals surface area contributed by atoms with E-state index in [1.807, 2.05) is 30.3 Å². The number of hydrogen-bond acceptors (Lipinski definition) is 6. The van der Waals surface area contributed by atoms with Crippen molar-refractivity contribution < 1.29 is 23.9 Å². The molecule has 0 spiro atoms. The summed E-state index contributed by atoms with van der Waals surface area (Å²) in [6, 6.07) is 15.4. The predicted octanol–water partition coefficient (Wildman–Crippen LogP) is 5.04. The third-order valence-corrected chi connectivity index (χ3v) is 5.17. The Morgan fingerprint density at radius 3 is 2.33 bits per heavy atom. The molecule has 154 valence electrons. The lowest BCUT2D eigenvalue weighted by Crippen LogP contribution is -2.21. The maximum atomic E-state index is 12.5. The second kappa shape index (κ2) is 10.0. The van der Waals surface area contributed by atoms with Crippen molar-refractivity contribution in [2.45, 2.75) is 6.92 Å². The predicted molar refractivity (Wildman–Crippen MR) is 116 cm³/mol. The molecular weight excluding hydrogens is 426 g/mol. The molecule has 0 radical (unpaired) electrons. The molecule has 30 heavy (non-hydrogen) atoms. The molecule has 8 heteroatoms. The highest BCUT2D eigenvalue weighted by atomic mass is 35.5. The highest BCUT2D eigenvalue weighted by Gasteiger charge is 2.23. The van der Waals surface area contributed by atoms with Gasteiger partial charge in [-0.3, -0.25) is 4.79 Å². The largest absolute Gasteiger partial charge is 0.462 e. The standard InChI is InChI=1S/C22H18ClNO5S/c1-2-28-22(27)19-17(14-6-4-3-5-7-14)13-30-20(19)24-18(25)12-29-21(26)15-8-10-16(23)11-9-15/h3-11,13H,2,12H2,1H3,(H,24,25). The Morgan fingerprint density at radius 1 is 0.967 bits per heavy atom. The van der Waals surface area contributed by atoms with Gasteiger partial charge in [0.25, 0.3) is 5.91 Å². The average molecular weight is 444 g/mol. The van der Waals surface area contributed by atoms with Gasteiger partial charge in [-0.1, -0.05) is 41.9 Å². The smallest absolute Gasteiger partial charge is 0.341 e. The molecule has 1 N–H and O–H groups in total. The monoisotopic (exact) mass is 443 g/mol. The van der Waals surface area contributed by atoms with Crippen molar-refractivity contribution in [2.75, 3.05) is 18.5 Å². The maximum absolute atomic E-state index is 12.5. The summed E-state index contributed by atoms with van der Waals surface area (Å²) in [7, 11) is 0. The van der Waals surface area contributed by atoms with Crippen LogP contribution in [0.5, 0.6) is 0 Å². The Bertz CT molecular complexity index is 1050. The normalized spacial score (nSPS) is 10.3.